The average Bonchev–Trinajstić information content (AvgIpc) is 3.03. The highest BCUT2D eigenvalue weighted by atomic mass is 32.2. The summed E-state index contributed by atoms with van der Waals surface area (Å²) in [7, 11) is -0.640. The first-order valence-corrected chi connectivity index (χ1v) is 10.8. The fourth-order valence-electron chi connectivity index (χ4n) is 3.02. The second-order valence-electron chi connectivity index (χ2n) is 7.03. The maximum absolute atomic E-state index is 13.3. The maximum atomic E-state index is 13.3. The lowest BCUT2D eigenvalue weighted by Gasteiger charge is -2.20. The monoisotopic (exact) mass is 419 g/mol. The fraction of sp³-hybridized carbons (Fsp3) is 0.300. The minimum absolute atomic E-state index is 0.0622. The van der Waals surface area contributed by atoms with E-state index >= 15 is 0 Å². The quantitative estimate of drug-likeness (QED) is 0.683. The molecule has 1 amide bonds. The van der Waals surface area contributed by atoms with E-state index in [4.69, 9.17) is 4.42 Å². The van der Waals surface area contributed by atoms with Crippen molar-refractivity contribution < 1.29 is 22.0 Å². The molecule has 154 valence electrons. The molecule has 9 heteroatoms. The van der Waals surface area contributed by atoms with Crippen LogP contribution < -0.4 is 9.62 Å². The van der Waals surface area contributed by atoms with E-state index in [2.05, 4.69) is 10.3 Å². The van der Waals surface area contributed by atoms with Gasteiger partial charge in [-0.2, -0.15) is 4.98 Å². The molecule has 0 aliphatic heterocycles. The molecule has 0 saturated carbocycles. The molecule has 2 aromatic heterocycles. The van der Waals surface area contributed by atoms with Crippen LogP contribution in [0.3, 0.4) is 0 Å². The first-order chi connectivity index (χ1) is 13.5. The van der Waals surface area contributed by atoms with Crippen LogP contribution >= 0.6 is 0 Å². The van der Waals surface area contributed by atoms with Gasteiger partial charge in [-0.15, -0.1) is 0 Å². The number of carbonyl (C=O) groups excluding carboxylic acids is 1. The highest BCUT2D eigenvalue weighted by molar-refractivity contribution is 7.92. The van der Waals surface area contributed by atoms with Crippen molar-refractivity contribution in [2.75, 3.05) is 24.7 Å². The van der Waals surface area contributed by atoms with Crippen LogP contribution in [0.25, 0.3) is 22.4 Å². The lowest BCUT2D eigenvalue weighted by molar-refractivity contribution is 0.0964. The number of nitrogens with zero attached hydrogens (tertiary/aromatic N) is 2. The number of amides is 1. The molecular weight excluding hydrogens is 397 g/mol. The molecule has 0 fully saturated rings. The second kappa shape index (κ2) is 7.47. The third-order valence-corrected chi connectivity index (χ3v) is 5.84. The molecule has 3 rings (SSSR count). The van der Waals surface area contributed by atoms with Crippen molar-refractivity contribution in [3.05, 3.63) is 47.3 Å². The van der Waals surface area contributed by atoms with Gasteiger partial charge in [-0.3, -0.25) is 9.10 Å². The minimum atomic E-state index is -3.55. The molecule has 0 unspecified atom stereocenters. The van der Waals surface area contributed by atoms with Gasteiger partial charge >= 0.3 is 0 Å². The van der Waals surface area contributed by atoms with Crippen LogP contribution in [0.15, 0.2) is 34.7 Å². The van der Waals surface area contributed by atoms with Gasteiger partial charge in [0.25, 0.3) is 5.91 Å². The van der Waals surface area contributed by atoms with E-state index in [1.807, 2.05) is 13.8 Å². The summed E-state index contributed by atoms with van der Waals surface area (Å²) in [6.07, 6.45) is 1.09. The van der Waals surface area contributed by atoms with Crippen LogP contribution in [0.4, 0.5) is 10.2 Å². The van der Waals surface area contributed by atoms with Crippen molar-refractivity contribution in [1.29, 1.82) is 0 Å². The zero-order valence-electron chi connectivity index (χ0n) is 16.8. The molecule has 1 N–H and O–H groups in total. The summed E-state index contributed by atoms with van der Waals surface area (Å²) >= 11 is 0. The van der Waals surface area contributed by atoms with Crippen LogP contribution in [0.5, 0.6) is 0 Å². The first-order valence-electron chi connectivity index (χ1n) is 8.94. The normalized spacial score (nSPS) is 11.8. The van der Waals surface area contributed by atoms with Gasteiger partial charge < -0.3 is 9.73 Å². The predicted molar refractivity (Wildman–Crippen MR) is 110 cm³/mol. The summed E-state index contributed by atoms with van der Waals surface area (Å²) in [5.41, 5.74) is 1.55. The lowest BCUT2D eigenvalue weighted by atomic mass is 10.00. The average molecular weight is 419 g/mol. The lowest BCUT2D eigenvalue weighted by Crippen LogP contribution is -2.27. The zero-order chi connectivity index (χ0) is 21.5. The predicted octanol–water partition coefficient (Wildman–Crippen LogP) is 3.51. The Kier molecular flexibility index (Phi) is 5.36. The number of rotatable bonds is 5. The molecule has 29 heavy (non-hydrogen) atoms. The molecule has 0 bridgehead atoms. The number of hydrogen-bond acceptors (Lipinski definition) is 5. The number of halogens is 1. The van der Waals surface area contributed by atoms with Crippen LogP contribution in [0.1, 0.15) is 35.7 Å². The van der Waals surface area contributed by atoms with Crippen molar-refractivity contribution in [3.63, 3.8) is 0 Å². The number of anilines is 1. The topological polar surface area (TPSA) is 92.5 Å². The Hall–Kier alpha value is -2.94. The molecular formula is C20H22FN3O4S. The van der Waals surface area contributed by atoms with E-state index in [-0.39, 0.29) is 34.7 Å². The summed E-state index contributed by atoms with van der Waals surface area (Å²) in [5.74, 6) is -0.390. The van der Waals surface area contributed by atoms with Crippen molar-refractivity contribution in [1.82, 2.24) is 10.3 Å². The highest BCUT2D eigenvalue weighted by Crippen LogP contribution is 2.37. The van der Waals surface area contributed by atoms with E-state index in [9.17, 15) is 17.6 Å². The van der Waals surface area contributed by atoms with Gasteiger partial charge in [-0.25, -0.2) is 12.8 Å². The smallest absolute Gasteiger partial charge is 0.255 e. The molecule has 0 aliphatic carbocycles. The number of sulfonamides is 1. The fourth-order valence-corrected chi connectivity index (χ4v) is 3.48. The van der Waals surface area contributed by atoms with E-state index in [0.29, 0.717) is 16.5 Å². The second-order valence-corrected chi connectivity index (χ2v) is 9.05. The number of nitrogens with one attached hydrogen (secondary N) is 1. The molecule has 0 radical (unpaired) electrons. The largest absolute Gasteiger partial charge is 0.437 e. The van der Waals surface area contributed by atoms with Crippen LogP contribution in [0, 0.1) is 5.82 Å². The molecule has 0 aliphatic rings. The molecule has 3 aromatic rings. The first kappa shape index (κ1) is 20.8. The van der Waals surface area contributed by atoms with Crippen LogP contribution in [-0.4, -0.2) is 39.7 Å². The van der Waals surface area contributed by atoms with Crippen molar-refractivity contribution in [2.24, 2.45) is 0 Å². The molecule has 2 heterocycles. The Morgan fingerprint density at radius 3 is 2.38 bits per heavy atom. The van der Waals surface area contributed by atoms with Crippen LogP contribution in [-0.2, 0) is 10.0 Å². The van der Waals surface area contributed by atoms with Gasteiger partial charge in [0.15, 0.2) is 0 Å². The number of fused-ring (bicyclic) bond motifs is 1. The molecule has 7 nitrogen and oxygen atoms in total. The standard InChI is InChI=1S/C20H22FN3O4S/c1-11(2)14-10-15-16(19(25)22-3)17(12-6-8-13(21)9-7-12)28-20(15)23-18(14)24(4)29(5,26)27/h6-11H,1-5H3,(H,22,25). The van der Waals surface area contributed by atoms with E-state index in [0.717, 1.165) is 10.6 Å². The SMILES string of the molecule is CNC(=O)c1c(-c2ccc(F)cc2)oc2nc(N(C)S(C)(=O)=O)c(C(C)C)cc12. The van der Waals surface area contributed by atoms with E-state index < -0.39 is 15.8 Å². The minimum Gasteiger partial charge on any atom is -0.437 e. The maximum Gasteiger partial charge on any atom is 0.255 e. The Bertz CT molecular complexity index is 1180. The third-order valence-electron chi connectivity index (χ3n) is 4.67. The number of benzene rings is 1. The summed E-state index contributed by atoms with van der Waals surface area (Å²) in [6, 6.07) is 7.28. The molecule has 1 aromatic carbocycles. The van der Waals surface area contributed by atoms with Crippen LogP contribution in [0.2, 0.25) is 0 Å². The zero-order valence-corrected chi connectivity index (χ0v) is 17.6. The van der Waals surface area contributed by atoms with Gasteiger partial charge in [0.2, 0.25) is 15.7 Å². The molecule has 0 saturated heterocycles. The molecule has 0 atom stereocenters. The van der Waals surface area contributed by atoms with Gasteiger partial charge in [-0.1, -0.05) is 13.8 Å². The summed E-state index contributed by atoms with van der Waals surface area (Å²) in [4.78, 5) is 17.1. The number of pyridine rings is 1. The third kappa shape index (κ3) is 3.82. The number of carbonyl (C=O) groups is 1. The Morgan fingerprint density at radius 2 is 1.86 bits per heavy atom. The van der Waals surface area contributed by atoms with Crippen molar-refractivity contribution in [2.45, 2.75) is 19.8 Å². The van der Waals surface area contributed by atoms with E-state index in [1.165, 1.54) is 38.4 Å². The molecule has 0 spiro atoms. The number of furan rings is 1. The number of hydrogen-bond donors (Lipinski definition) is 1. The number of aromatic nitrogens is 1. The Balaban J connectivity index is 2.37. The van der Waals surface area contributed by atoms with Gasteiger partial charge in [0, 0.05) is 19.7 Å². The van der Waals surface area contributed by atoms with Gasteiger partial charge in [0.1, 0.15) is 17.4 Å². The van der Waals surface area contributed by atoms with Gasteiger partial charge in [0.05, 0.1) is 17.2 Å². The summed E-state index contributed by atoms with van der Waals surface area (Å²) < 4.78 is 44.5. The summed E-state index contributed by atoms with van der Waals surface area (Å²) in [5, 5.41) is 3.04. The van der Waals surface area contributed by atoms with Crippen molar-refractivity contribution in [3.8, 4) is 11.3 Å². The Labute approximate surface area is 168 Å². The van der Waals surface area contributed by atoms with E-state index in [1.54, 1.807) is 6.07 Å². The van der Waals surface area contributed by atoms with Crippen molar-refractivity contribution >= 4 is 32.8 Å². The van der Waals surface area contributed by atoms with Gasteiger partial charge in [-0.05, 0) is 41.8 Å². The summed E-state index contributed by atoms with van der Waals surface area (Å²) in [6.45, 7) is 3.81. The highest BCUT2D eigenvalue weighted by Gasteiger charge is 2.27. The Morgan fingerprint density at radius 1 is 1.24 bits per heavy atom.